The monoisotopic (exact) mass is 451 g/mol. The van der Waals surface area contributed by atoms with Crippen LogP contribution in [0.4, 0.5) is 5.69 Å². The van der Waals surface area contributed by atoms with Crippen LogP contribution in [0.1, 0.15) is 22.5 Å². The third-order valence-electron chi connectivity index (χ3n) is 5.13. The van der Waals surface area contributed by atoms with Crippen LogP contribution in [0.3, 0.4) is 0 Å². The van der Waals surface area contributed by atoms with Crippen molar-refractivity contribution in [1.29, 1.82) is 0 Å². The van der Waals surface area contributed by atoms with Gasteiger partial charge in [0.1, 0.15) is 5.75 Å². The first-order chi connectivity index (χ1) is 14.9. The molecule has 31 heavy (non-hydrogen) atoms. The Balaban J connectivity index is 1.64. The number of amides is 1. The van der Waals surface area contributed by atoms with Crippen molar-refractivity contribution in [1.82, 2.24) is 9.88 Å². The van der Waals surface area contributed by atoms with Crippen LogP contribution in [0.2, 0.25) is 5.02 Å². The molecule has 158 valence electrons. The molecular formula is C24H22ClN3O2S. The zero-order valence-corrected chi connectivity index (χ0v) is 19.3. The molecule has 1 fully saturated rings. The van der Waals surface area contributed by atoms with Gasteiger partial charge in [-0.1, -0.05) is 17.7 Å². The molecule has 1 aliphatic rings. The van der Waals surface area contributed by atoms with Gasteiger partial charge in [0.2, 0.25) is 0 Å². The molecule has 1 aliphatic heterocycles. The number of ether oxygens (including phenoxy) is 1. The number of aromatic nitrogens is 1. The maximum atomic E-state index is 12.5. The molecule has 5 nitrogen and oxygen atoms in total. The number of hydrogen-bond donors (Lipinski definition) is 1. The average Bonchev–Trinajstić information content (AvgIpc) is 3.23. The minimum absolute atomic E-state index is 0.155. The molecule has 0 aliphatic carbocycles. The first kappa shape index (κ1) is 21.3. The highest BCUT2D eigenvalue weighted by Crippen LogP contribution is 2.32. The lowest BCUT2D eigenvalue weighted by atomic mass is 10.2. The molecule has 4 rings (SSSR count). The normalized spacial score (nSPS) is 16.2. The summed E-state index contributed by atoms with van der Waals surface area (Å²) in [5.74, 6) is 0.659. The van der Waals surface area contributed by atoms with Crippen molar-refractivity contribution in [2.24, 2.45) is 4.99 Å². The largest absolute Gasteiger partial charge is 0.497 e. The van der Waals surface area contributed by atoms with E-state index < -0.39 is 0 Å². The lowest BCUT2D eigenvalue weighted by Gasteiger charge is -2.10. The Morgan fingerprint density at radius 1 is 1.10 bits per heavy atom. The number of nitrogens with zero attached hydrogens (tertiary/aromatic N) is 2. The minimum Gasteiger partial charge on any atom is -0.497 e. The summed E-state index contributed by atoms with van der Waals surface area (Å²) in [6.07, 6.45) is 1.91. The van der Waals surface area contributed by atoms with Gasteiger partial charge in [0.15, 0.2) is 5.17 Å². The van der Waals surface area contributed by atoms with E-state index >= 15 is 0 Å². The van der Waals surface area contributed by atoms with Gasteiger partial charge in [0.25, 0.3) is 5.91 Å². The quantitative estimate of drug-likeness (QED) is 0.498. The van der Waals surface area contributed by atoms with E-state index in [-0.39, 0.29) is 5.91 Å². The summed E-state index contributed by atoms with van der Waals surface area (Å²) >= 11 is 7.41. The molecule has 0 atom stereocenters. The molecule has 0 bridgehead atoms. The van der Waals surface area contributed by atoms with Crippen molar-refractivity contribution in [3.8, 4) is 11.4 Å². The van der Waals surface area contributed by atoms with Crippen LogP contribution >= 0.6 is 23.4 Å². The third kappa shape index (κ3) is 4.40. The van der Waals surface area contributed by atoms with Gasteiger partial charge < -0.3 is 14.6 Å². The molecular weight excluding hydrogens is 430 g/mol. The number of methoxy groups -OCH3 is 1. The van der Waals surface area contributed by atoms with E-state index in [1.54, 1.807) is 13.2 Å². The van der Waals surface area contributed by atoms with Gasteiger partial charge in [-0.25, -0.2) is 4.99 Å². The molecule has 0 radical (unpaired) electrons. The predicted molar refractivity (Wildman–Crippen MR) is 129 cm³/mol. The van der Waals surface area contributed by atoms with Gasteiger partial charge in [0, 0.05) is 22.1 Å². The number of nitrogens with one attached hydrogen (secondary N) is 1. The van der Waals surface area contributed by atoms with Crippen molar-refractivity contribution < 1.29 is 9.53 Å². The molecule has 1 amide bonds. The fourth-order valence-corrected chi connectivity index (χ4v) is 4.49. The van der Waals surface area contributed by atoms with Crippen LogP contribution in [-0.4, -0.2) is 22.8 Å². The summed E-state index contributed by atoms with van der Waals surface area (Å²) < 4.78 is 7.41. The lowest BCUT2D eigenvalue weighted by Crippen LogP contribution is -2.19. The van der Waals surface area contributed by atoms with Gasteiger partial charge in [-0.2, -0.15) is 0 Å². The SMILES string of the molecule is COc1ccc(-n2c(C)cc(/C=C3\SC(=Nc4cc(Cl)ccc4C)NC3=O)c2C)cc1. The number of benzene rings is 2. The molecule has 0 saturated carbocycles. The maximum absolute atomic E-state index is 12.5. The van der Waals surface area contributed by atoms with E-state index in [4.69, 9.17) is 16.3 Å². The highest BCUT2D eigenvalue weighted by atomic mass is 35.5. The Hall–Kier alpha value is -2.96. The first-order valence-electron chi connectivity index (χ1n) is 9.75. The molecule has 1 aromatic heterocycles. The molecule has 3 aromatic rings. The summed E-state index contributed by atoms with van der Waals surface area (Å²) in [5, 5.41) is 4.01. The Bertz CT molecular complexity index is 1230. The Morgan fingerprint density at radius 2 is 1.84 bits per heavy atom. The van der Waals surface area contributed by atoms with Crippen LogP contribution in [0.5, 0.6) is 5.75 Å². The van der Waals surface area contributed by atoms with E-state index in [0.717, 1.165) is 39.6 Å². The van der Waals surface area contributed by atoms with Gasteiger partial charge >= 0.3 is 0 Å². The number of carbonyl (C=O) groups is 1. The highest BCUT2D eigenvalue weighted by molar-refractivity contribution is 8.18. The Labute approximate surface area is 190 Å². The van der Waals surface area contributed by atoms with Crippen LogP contribution in [0, 0.1) is 20.8 Å². The van der Waals surface area contributed by atoms with Crippen LogP contribution in [-0.2, 0) is 4.79 Å². The minimum atomic E-state index is -0.155. The van der Waals surface area contributed by atoms with Crippen LogP contribution in [0.15, 0.2) is 58.4 Å². The fourth-order valence-electron chi connectivity index (χ4n) is 3.50. The molecule has 0 unspecified atom stereocenters. The van der Waals surface area contributed by atoms with Crippen molar-refractivity contribution in [2.75, 3.05) is 7.11 Å². The zero-order valence-electron chi connectivity index (χ0n) is 17.7. The van der Waals surface area contributed by atoms with E-state index in [1.807, 2.05) is 56.3 Å². The summed E-state index contributed by atoms with van der Waals surface area (Å²) in [6.45, 7) is 6.06. The molecule has 1 N–H and O–H groups in total. The summed E-state index contributed by atoms with van der Waals surface area (Å²) in [6, 6.07) is 15.5. The second kappa shape index (κ2) is 8.65. The third-order valence-corrected chi connectivity index (χ3v) is 6.28. The maximum Gasteiger partial charge on any atom is 0.264 e. The molecule has 2 heterocycles. The van der Waals surface area contributed by atoms with E-state index in [9.17, 15) is 4.79 Å². The summed E-state index contributed by atoms with van der Waals surface area (Å²) in [7, 11) is 1.65. The van der Waals surface area contributed by atoms with Crippen molar-refractivity contribution in [3.05, 3.63) is 81.0 Å². The predicted octanol–water partition coefficient (Wildman–Crippen LogP) is 5.96. The topological polar surface area (TPSA) is 55.6 Å². The van der Waals surface area contributed by atoms with Gasteiger partial charge in [-0.05, 0) is 92.2 Å². The van der Waals surface area contributed by atoms with Crippen LogP contribution < -0.4 is 10.1 Å². The van der Waals surface area contributed by atoms with E-state index in [2.05, 4.69) is 27.9 Å². The summed E-state index contributed by atoms with van der Waals surface area (Å²) in [4.78, 5) is 17.7. The Kier molecular flexibility index (Phi) is 5.94. The highest BCUT2D eigenvalue weighted by Gasteiger charge is 2.25. The Morgan fingerprint density at radius 3 is 2.55 bits per heavy atom. The van der Waals surface area contributed by atoms with Gasteiger partial charge in [0.05, 0.1) is 17.7 Å². The molecule has 7 heteroatoms. The molecule has 1 saturated heterocycles. The number of aliphatic imine (C=N–C) groups is 1. The number of thioether (sulfide) groups is 1. The van der Waals surface area contributed by atoms with Gasteiger partial charge in [-0.15, -0.1) is 0 Å². The first-order valence-corrected chi connectivity index (χ1v) is 10.9. The second-order valence-corrected chi connectivity index (χ2v) is 8.74. The fraction of sp³-hybridized carbons (Fsp3) is 0.167. The van der Waals surface area contributed by atoms with Crippen molar-refractivity contribution in [3.63, 3.8) is 0 Å². The number of amidine groups is 1. The standard InChI is InChI=1S/C24H22ClN3O2S/c1-14-5-6-18(25)13-21(14)26-24-27-23(29)22(31-24)12-17-11-15(2)28(16(17)3)19-7-9-20(30-4)10-8-19/h5-13H,1-4H3,(H,26,27,29)/b22-12-. The second-order valence-electron chi connectivity index (χ2n) is 7.27. The molecule has 2 aromatic carbocycles. The zero-order chi connectivity index (χ0) is 22.1. The van der Waals surface area contributed by atoms with E-state index in [1.165, 1.54) is 11.8 Å². The smallest absolute Gasteiger partial charge is 0.264 e. The average molecular weight is 452 g/mol. The number of rotatable bonds is 4. The number of hydrogen-bond acceptors (Lipinski definition) is 4. The lowest BCUT2D eigenvalue weighted by molar-refractivity contribution is -0.115. The van der Waals surface area contributed by atoms with Crippen molar-refractivity contribution >= 4 is 46.2 Å². The number of aryl methyl sites for hydroxylation is 2. The summed E-state index contributed by atoms with van der Waals surface area (Å²) in [5.41, 5.74) is 5.91. The number of halogens is 1. The van der Waals surface area contributed by atoms with E-state index in [0.29, 0.717) is 15.1 Å². The molecule has 0 spiro atoms. The van der Waals surface area contributed by atoms with Crippen LogP contribution in [0.25, 0.3) is 11.8 Å². The van der Waals surface area contributed by atoms with Crippen molar-refractivity contribution in [2.45, 2.75) is 20.8 Å². The number of carbonyl (C=O) groups excluding carboxylic acids is 1. The van der Waals surface area contributed by atoms with Gasteiger partial charge in [-0.3, -0.25) is 4.79 Å².